The fourth-order valence-corrected chi connectivity index (χ4v) is 2.85. The third-order valence-corrected chi connectivity index (χ3v) is 4.02. The van der Waals surface area contributed by atoms with Gasteiger partial charge in [0.2, 0.25) is 11.9 Å². The molecule has 4 N–H and O–H groups in total. The Morgan fingerprint density at radius 2 is 2.24 bits per heavy atom. The molecule has 9 heteroatoms. The van der Waals surface area contributed by atoms with Crippen LogP contribution in [0.15, 0.2) is 12.5 Å². The summed E-state index contributed by atoms with van der Waals surface area (Å²) in [5.74, 6) is -1.15. The zero-order chi connectivity index (χ0) is 15.4. The van der Waals surface area contributed by atoms with Crippen molar-refractivity contribution < 1.29 is 9.90 Å². The van der Waals surface area contributed by atoms with E-state index in [0.29, 0.717) is 5.95 Å². The SMILES string of the molecule is Cc1c([C@@H]2[C@H](C(N)=O)[C@@](C)(O)Nc3ncnn32)cnn1C. The fraction of sp³-hybridized carbons (Fsp3) is 0.500. The van der Waals surface area contributed by atoms with Gasteiger partial charge in [0.15, 0.2) is 0 Å². The van der Waals surface area contributed by atoms with Crippen LogP contribution < -0.4 is 11.1 Å². The number of aryl methyl sites for hydroxylation is 1. The molecule has 3 atom stereocenters. The van der Waals surface area contributed by atoms with Crippen molar-refractivity contribution in [1.82, 2.24) is 24.5 Å². The van der Waals surface area contributed by atoms with Gasteiger partial charge >= 0.3 is 0 Å². The Bertz CT molecular complexity index is 702. The van der Waals surface area contributed by atoms with Crippen molar-refractivity contribution in [3.63, 3.8) is 0 Å². The highest BCUT2D eigenvalue weighted by atomic mass is 16.3. The van der Waals surface area contributed by atoms with Gasteiger partial charge in [0, 0.05) is 18.3 Å². The van der Waals surface area contributed by atoms with E-state index in [4.69, 9.17) is 5.73 Å². The van der Waals surface area contributed by atoms with Gasteiger partial charge in [0.25, 0.3) is 0 Å². The molecule has 2 aromatic heterocycles. The molecule has 3 rings (SSSR count). The standard InChI is InChI=1S/C12H17N7O2/c1-6-7(4-15-18(6)3)9-8(10(13)20)12(2,21)17-11-14-5-16-19(9)11/h4-5,8-9,21H,1-3H3,(H2,13,20)(H,14,16,17)/t8-,9-,12-/m1/s1. The highest BCUT2D eigenvalue weighted by Crippen LogP contribution is 2.40. The fourth-order valence-electron chi connectivity index (χ4n) is 2.85. The van der Waals surface area contributed by atoms with Gasteiger partial charge in [-0.25, -0.2) is 4.68 Å². The number of carbonyl (C=O) groups excluding carboxylic acids is 1. The zero-order valence-corrected chi connectivity index (χ0v) is 12.0. The van der Waals surface area contributed by atoms with E-state index >= 15 is 0 Å². The molecule has 0 aromatic carbocycles. The summed E-state index contributed by atoms with van der Waals surface area (Å²) in [6, 6.07) is -0.565. The Hall–Kier alpha value is -2.42. The average Bonchev–Trinajstić information content (AvgIpc) is 2.94. The van der Waals surface area contributed by atoms with Gasteiger partial charge in [-0.15, -0.1) is 0 Å². The molecule has 0 aliphatic carbocycles. The third kappa shape index (κ3) is 1.88. The molecule has 0 saturated carbocycles. The van der Waals surface area contributed by atoms with Gasteiger partial charge in [0.1, 0.15) is 24.0 Å². The van der Waals surface area contributed by atoms with Crippen molar-refractivity contribution >= 4 is 11.9 Å². The van der Waals surface area contributed by atoms with E-state index in [2.05, 4.69) is 20.5 Å². The lowest BCUT2D eigenvalue weighted by atomic mass is 9.83. The summed E-state index contributed by atoms with van der Waals surface area (Å²) in [4.78, 5) is 16.0. The van der Waals surface area contributed by atoms with Crippen LogP contribution in [0, 0.1) is 12.8 Å². The third-order valence-electron chi connectivity index (χ3n) is 4.02. The molecule has 0 radical (unpaired) electrons. The molecule has 9 nitrogen and oxygen atoms in total. The number of carbonyl (C=O) groups is 1. The Morgan fingerprint density at radius 3 is 2.81 bits per heavy atom. The predicted molar refractivity (Wildman–Crippen MR) is 73.0 cm³/mol. The smallest absolute Gasteiger partial charge is 0.227 e. The number of nitrogens with one attached hydrogen (secondary N) is 1. The zero-order valence-electron chi connectivity index (χ0n) is 12.0. The predicted octanol–water partition coefficient (Wildman–Crippen LogP) is -0.855. The molecule has 0 spiro atoms. The molecular weight excluding hydrogens is 274 g/mol. The summed E-state index contributed by atoms with van der Waals surface area (Å²) in [6.07, 6.45) is 3.02. The van der Waals surface area contributed by atoms with E-state index < -0.39 is 23.6 Å². The van der Waals surface area contributed by atoms with Gasteiger partial charge in [0.05, 0.1) is 6.20 Å². The lowest BCUT2D eigenvalue weighted by Gasteiger charge is -2.41. The van der Waals surface area contributed by atoms with Crippen molar-refractivity contribution in [3.05, 3.63) is 23.8 Å². The summed E-state index contributed by atoms with van der Waals surface area (Å²) in [5.41, 5.74) is 5.64. The molecule has 112 valence electrons. The minimum Gasteiger partial charge on any atom is -0.370 e. The summed E-state index contributed by atoms with van der Waals surface area (Å²) >= 11 is 0. The van der Waals surface area contributed by atoms with Crippen LogP contribution in [0.2, 0.25) is 0 Å². The maximum Gasteiger partial charge on any atom is 0.227 e. The summed E-state index contributed by atoms with van der Waals surface area (Å²) < 4.78 is 3.25. The summed E-state index contributed by atoms with van der Waals surface area (Å²) in [6.45, 7) is 3.38. The Balaban J connectivity index is 2.23. The summed E-state index contributed by atoms with van der Waals surface area (Å²) in [7, 11) is 1.81. The number of aliphatic hydroxyl groups is 1. The average molecular weight is 291 g/mol. The maximum atomic E-state index is 11.9. The molecule has 0 saturated heterocycles. The quantitative estimate of drug-likeness (QED) is 0.661. The van der Waals surface area contributed by atoms with Crippen molar-refractivity contribution in [1.29, 1.82) is 0 Å². The topological polar surface area (TPSA) is 124 Å². The normalized spacial score (nSPS) is 28.0. The number of primary amides is 1. The van der Waals surface area contributed by atoms with Crippen LogP contribution in [0.25, 0.3) is 0 Å². The van der Waals surface area contributed by atoms with Crippen LogP contribution in [-0.2, 0) is 11.8 Å². The summed E-state index contributed by atoms with van der Waals surface area (Å²) in [5, 5.41) is 21.7. The number of nitrogens with zero attached hydrogens (tertiary/aromatic N) is 5. The number of rotatable bonds is 2. The number of aromatic nitrogens is 5. The number of hydrogen-bond acceptors (Lipinski definition) is 6. The number of nitrogens with two attached hydrogens (primary N) is 1. The highest BCUT2D eigenvalue weighted by molar-refractivity contribution is 5.80. The minimum absolute atomic E-state index is 0.380. The molecule has 0 fully saturated rings. The second-order valence-electron chi connectivity index (χ2n) is 5.43. The molecule has 1 aliphatic rings. The first-order chi connectivity index (χ1) is 9.83. The van der Waals surface area contributed by atoms with Crippen molar-refractivity contribution in [2.24, 2.45) is 18.7 Å². The van der Waals surface area contributed by atoms with Gasteiger partial charge in [-0.2, -0.15) is 15.2 Å². The van der Waals surface area contributed by atoms with Crippen molar-refractivity contribution in [2.75, 3.05) is 5.32 Å². The lowest BCUT2D eigenvalue weighted by Crippen LogP contribution is -2.56. The molecule has 2 aromatic rings. The number of fused-ring (bicyclic) bond motifs is 1. The first-order valence-corrected chi connectivity index (χ1v) is 6.51. The van der Waals surface area contributed by atoms with Crippen LogP contribution in [-0.4, -0.2) is 41.3 Å². The van der Waals surface area contributed by atoms with Crippen LogP contribution in [0.1, 0.15) is 24.2 Å². The second-order valence-corrected chi connectivity index (χ2v) is 5.43. The molecule has 1 aliphatic heterocycles. The van der Waals surface area contributed by atoms with E-state index in [1.807, 2.05) is 6.92 Å². The largest absolute Gasteiger partial charge is 0.370 e. The van der Waals surface area contributed by atoms with Crippen molar-refractivity contribution in [2.45, 2.75) is 25.6 Å². The number of amides is 1. The monoisotopic (exact) mass is 291 g/mol. The first-order valence-electron chi connectivity index (χ1n) is 6.51. The maximum absolute atomic E-state index is 11.9. The lowest BCUT2D eigenvalue weighted by molar-refractivity contribution is -0.131. The van der Waals surface area contributed by atoms with E-state index in [9.17, 15) is 9.90 Å². The highest BCUT2D eigenvalue weighted by Gasteiger charge is 2.49. The Morgan fingerprint density at radius 1 is 1.52 bits per heavy atom. The minimum atomic E-state index is -1.53. The van der Waals surface area contributed by atoms with Crippen LogP contribution >= 0.6 is 0 Å². The Labute approximate surface area is 120 Å². The molecule has 0 bridgehead atoms. The van der Waals surface area contributed by atoms with Gasteiger partial charge in [-0.1, -0.05) is 0 Å². The van der Waals surface area contributed by atoms with E-state index in [1.165, 1.54) is 13.3 Å². The molecule has 1 amide bonds. The van der Waals surface area contributed by atoms with E-state index in [-0.39, 0.29) is 0 Å². The number of hydrogen-bond donors (Lipinski definition) is 3. The van der Waals surface area contributed by atoms with E-state index in [1.54, 1.807) is 22.6 Å². The molecular formula is C12H17N7O2. The first kappa shape index (κ1) is 13.6. The molecule has 3 heterocycles. The van der Waals surface area contributed by atoms with Gasteiger partial charge in [-0.05, 0) is 13.8 Å². The molecule has 0 unspecified atom stereocenters. The number of anilines is 1. The van der Waals surface area contributed by atoms with Gasteiger partial charge < -0.3 is 16.2 Å². The van der Waals surface area contributed by atoms with Crippen LogP contribution in [0.5, 0.6) is 0 Å². The second kappa shape index (κ2) is 4.29. The van der Waals surface area contributed by atoms with Gasteiger partial charge in [-0.3, -0.25) is 9.48 Å². The van der Waals surface area contributed by atoms with Crippen molar-refractivity contribution in [3.8, 4) is 0 Å². The Kier molecular flexibility index (Phi) is 2.77. The molecule has 21 heavy (non-hydrogen) atoms. The van der Waals surface area contributed by atoms with Crippen LogP contribution in [0.3, 0.4) is 0 Å². The van der Waals surface area contributed by atoms with E-state index in [0.717, 1.165) is 11.3 Å². The van der Waals surface area contributed by atoms with Crippen LogP contribution in [0.4, 0.5) is 5.95 Å².